The highest BCUT2D eigenvalue weighted by atomic mass is 33.1. The van der Waals surface area contributed by atoms with E-state index in [1.54, 1.807) is 21.6 Å². The Kier molecular flexibility index (Phi) is 11.5. The van der Waals surface area contributed by atoms with Gasteiger partial charge in [0.05, 0.1) is 19.8 Å². The van der Waals surface area contributed by atoms with Crippen molar-refractivity contribution in [2.24, 2.45) is 0 Å². The first-order valence-corrected chi connectivity index (χ1v) is 9.78. The third-order valence-corrected chi connectivity index (χ3v) is 4.65. The van der Waals surface area contributed by atoms with Gasteiger partial charge in [0.15, 0.2) is 0 Å². The van der Waals surface area contributed by atoms with E-state index in [4.69, 9.17) is 9.47 Å². The van der Waals surface area contributed by atoms with Crippen molar-refractivity contribution >= 4 is 27.5 Å². The van der Waals surface area contributed by atoms with Gasteiger partial charge in [-0.15, -0.1) is 5.92 Å². The van der Waals surface area contributed by atoms with E-state index in [1.807, 2.05) is 6.92 Å². The average molecular weight is 354 g/mol. The molecule has 0 heterocycles. The van der Waals surface area contributed by atoms with Crippen LogP contribution < -0.4 is 5.32 Å². The normalized spacial score (nSPS) is 10.0. The van der Waals surface area contributed by atoms with Crippen molar-refractivity contribution in [3.63, 3.8) is 0 Å². The second-order valence-corrected chi connectivity index (χ2v) is 6.89. The molecular formula is C17H23NO3S2. The third kappa shape index (κ3) is 11.1. The maximum absolute atomic E-state index is 11.4. The van der Waals surface area contributed by atoms with Crippen molar-refractivity contribution in [1.29, 1.82) is 0 Å². The SMILES string of the molecule is CCC#CCNC(=O)COCCOCSSc1ccc(C)cc1. The van der Waals surface area contributed by atoms with Gasteiger partial charge in [-0.25, -0.2) is 0 Å². The van der Waals surface area contributed by atoms with Crippen LogP contribution in [0.3, 0.4) is 0 Å². The summed E-state index contributed by atoms with van der Waals surface area (Å²) in [6.45, 7) is 5.34. The van der Waals surface area contributed by atoms with Crippen LogP contribution in [0.1, 0.15) is 18.9 Å². The Morgan fingerprint density at radius 2 is 1.91 bits per heavy atom. The second kappa shape index (κ2) is 13.3. The summed E-state index contributed by atoms with van der Waals surface area (Å²) >= 11 is 0. The van der Waals surface area contributed by atoms with Crippen LogP contribution >= 0.6 is 21.6 Å². The molecule has 6 heteroatoms. The van der Waals surface area contributed by atoms with Crippen LogP contribution in [0.5, 0.6) is 0 Å². The Hall–Kier alpha value is -1.13. The van der Waals surface area contributed by atoms with Crippen LogP contribution in [-0.4, -0.2) is 38.2 Å². The summed E-state index contributed by atoms with van der Waals surface area (Å²) in [5.74, 6) is 6.16. The van der Waals surface area contributed by atoms with Crippen molar-refractivity contribution in [1.82, 2.24) is 5.32 Å². The maximum atomic E-state index is 11.4. The van der Waals surface area contributed by atoms with Crippen molar-refractivity contribution < 1.29 is 14.3 Å². The van der Waals surface area contributed by atoms with E-state index in [0.717, 1.165) is 6.42 Å². The van der Waals surface area contributed by atoms with Gasteiger partial charge in [-0.1, -0.05) is 52.1 Å². The summed E-state index contributed by atoms with van der Waals surface area (Å²) in [7, 11) is 3.32. The van der Waals surface area contributed by atoms with Gasteiger partial charge < -0.3 is 14.8 Å². The Balaban J connectivity index is 1.91. The van der Waals surface area contributed by atoms with Crippen LogP contribution in [0, 0.1) is 18.8 Å². The maximum Gasteiger partial charge on any atom is 0.246 e. The van der Waals surface area contributed by atoms with E-state index in [-0.39, 0.29) is 12.5 Å². The summed E-state index contributed by atoms with van der Waals surface area (Å²) in [5.41, 5.74) is 1.26. The molecule has 1 aromatic rings. The molecule has 0 atom stereocenters. The molecule has 1 aromatic carbocycles. The lowest BCUT2D eigenvalue weighted by Gasteiger charge is -2.05. The molecule has 23 heavy (non-hydrogen) atoms. The molecule has 1 amide bonds. The average Bonchev–Trinajstić information content (AvgIpc) is 2.56. The summed E-state index contributed by atoms with van der Waals surface area (Å²) in [6.07, 6.45) is 0.796. The molecule has 0 fully saturated rings. The number of ether oxygens (including phenoxy) is 2. The lowest BCUT2D eigenvalue weighted by atomic mass is 10.2. The first kappa shape index (κ1) is 19.9. The molecule has 1 N–H and O–H groups in total. The van der Waals surface area contributed by atoms with Crippen molar-refractivity contribution in [3.8, 4) is 11.8 Å². The highest BCUT2D eigenvalue weighted by Gasteiger charge is 1.99. The Morgan fingerprint density at radius 1 is 1.17 bits per heavy atom. The lowest BCUT2D eigenvalue weighted by molar-refractivity contribution is -0.125. The monoisotopic (exact) mass is 353 g/mol. The van der Waals surface area contributed by atoms with Gasteiger partial charge >= 0.3 is 0 Å². The number of benzene rings is 1. The summed E-state index contributed by atoms with van der Waals surface area (Å²) < 4.78 is 10.7. The summed E-state index contributed by atoms with van der Waals surface area (Å²) in [5, 5.41) is 2.66. The van der Waals surface area contributed by atoms with Gasteiger partial charge in [-0.2, -0.15) is 0 Å². The topological polar surface area (TPSA) is 47.6 Å². The minimum absolute atomic E-state index is 0.0441. The number of carbonyl (C=O) groups is 1. The van der Waals surface area contributed by atoms with Crippen LogP contribution in [0.15, 0.2) is 29.2 Å². The standard InChI is InChI=1S/C17H23NO3S2/c1-3-4-5-10-18-17(19)13-20-11-12-21-14-22-23-16-8-6-15(2)7-9-16/h6-9H,3,10-14H2,1-2H3,(H,18,19). The minimum atomic E-state index is -0.153. The molecule has 1 rings (SSSR count). The number of aryl methyl sites for hydroxylation is 1. The highest BCUT2D eigenvalue weighted by molar-refractivity contribution is 8.76. The minimum Gasteiger partial charge on any atom is -0.369 e. The molecule has 0 aliphatic rings. The molecule has 0 radical (unpaired) electrons. The van der Waals surface area contributed by atoms with Crippen LogP contribution in [-0.2, 0) is 14.3 Å². The smallest absolute Gasteiger partial charge is 0.246 e. The van der Waals surface area contributed by atoms with E-state index < -0.39 is 0 Å². The van der Waals surface area contributed by atoms with Crippen LogP contribution in [0.2, 0.25) is 0 Å². The molecule has 0 saturated heterocycles. The van der Waals surface area contributed by atoms with E-state index in [9.17, 15) is 4.79 Å². The first-order valence-electron chi connectivity index (χ1n) is 7.46. The number of hydrogen-bond donors (Lipinski definition) is 1. The fourth-order valence-corrected chi connectivity index (χ4v) is 3.15. The second-order valence-electron chi connectivity index (χ2n) is 4.58. The first-order chi connectivity index (χ1) is 11.2. The van der Waals surface area contributed by atoms with Gasteiger partial charge in [-0.05, 0) is 19.1 Å². The largest absolute Gasteiger partial charge is 0.369 e. The summed E-state index contributed by atoms with van der Waals surface area (Å²) in [4.78, 5) is 12.6. The van der Waals surface area contributed by atoms with E-state index in [1.165, 1.54) is 10.5 Å². The van der Waals surface area contributed by atoms with Gasteiger partial charge in [0.1, 0.15) is 12.5 Å². The number of amides is 1. The van der Waals surface area contributed by atoms with Crippen LogP contribution in [0.25, 0.3) is 0 Å². The van der Waals surface area contributed by atoms with Crippen molar-refractivity contribution in [2.45, 2.75) is 25.2 Å². The van der Waals surface area contributed by atoms with E-state index >= 15 is 0 Å². The number of carbonyl (C=O) groups excluding carboxylic acids is 1. The summed E-state index contributed by atoms with van der Waals surface area (Å²) in [6, 6.07) is 8.38. The third-order valence-electron chi connectivity index (χ3n) is 2.59. The molecule has 0 spiro atoms. The number of hydrogen-bond acceptors (Lipinski definition) is 5. The lowest BCUT2D eigenvalue weighted by Crippen LogP contribution is -2.28. The molecule has 0 saturated carbocycles. The predicted molar refractivity (Wildman–Crippen MR) is 97.3 cm³/mol. The highest BCUT2D eigenvalue weighted by Crippen LogP contribution is 2.30. The van der Waals surface area contributed by atoms with Gasteiger partial charge in [0.2, 0.25) is 5.91 Å². The molecule has 0 aliphatic carbocycles. The van der Waals surface area contributed by atoms with Gasteiger partial charge in [-0.3, -0.25) is 4.79 Å². The number of nitrogens with one attached hydrogen (secondary N) is 1. The molecule has 0 bridgehead atoms. The number of rotatable bonds is 10. The molecule has 126 valence electrons. The fraction of sp³-hybridized carbons (Fsp3) is 0.471. The molecule has 0 unspecified atom stereocenters. The zero-order valence-electron chi connectivity index (χ0n) is 13.6. The molecule has 0 aliphatic heterocycles. The fourth-order valence-electron chi connectivity index (χ4n) is 1.44. The van der Waals surface area contributed by atoms with Gasteiger partial charge in [0, 0.05) is 11.3 Å². The quantitative estimate of drug-likeness (QED) is 0.303. The molecule has 4 nitrogen and oxygen atoms in total. The zero-order valence-corrected chi connectivity index (χ0v) is 15.2. The molecular weight excluding hydrogens is 330 g/mol. The Bertz CT molecular complexity index is 509. The van der Waals surface area contributed by atoms with Gasteiger partial charge in [0.25, 0.3) is 0 Å². The van der Waals surface area contributed by atoms with Crippen LogP contribution in [0.4, 0.5) is 0 Å². The van der Waals surface area contributed by atoms with Crippen molar-refractivity contribution in [2.75, 3.05) is 32.3 Å². The van der Waals surface area contributed by atoms with Crippen molar-refractivity contribution in [3.05, 3.63) is 29.8 Å². The van der Waals surface area contributed by atoms with E-state index in [0.29, 0.717) is 25.7 Å². The Morgan fingerprint density at radius 3 is 2.65 bits per heavy atom. The molecule has 0 aromatic heterocycles. The van der Waals surface area contributed by atoms with E-state index in [2.05, 4.69) is 48.3 Å². The zero-order chi connectivity index (χ0) is 16.8. The Labute approximate surface area is 146 Å². The predicted octanol–water partition coefficient (Wildman–Crippen LogP) is 3.26.